The average Bonchev–Trinajstić information content (AvgIpc) is 2.70. The molecule has 2 aromatic carbocycles. The topological polar surface area (TPSA) is 72.5 Å². The Morgan fingerprint density at radius 3 is 2.18 bits per heavy atom. The first-order valence-corrected chi connectivity index (χ1v) is 8.98. The maximum Gasteiger partial charge on any atom is 0.274 e. The minimum atomic E-state index is -0.283. The van der Waals surface area contributed by atoms with Crippen molar-refractivity contribution in [3.8, 4) is 11.5 Å². The van der Waals surface area contributed by atoms with Crippen LogP contribution in [0.2, 0.25) is 0 Å². The summed E-state index contributed by atoms with van der Waals surface area (Å²) in [5, 5.41) is 6.09. The fourth-order valence-electron chi connectivity index (χ4n) is 2.56. The van der Waals surface area contributed by atoms with Crippen LogP contribution in [0.25, 0.3) is 0 Å². The first-order valence-electron chi connectivity index (χ1n) is 8.98. The van der Waals surface area contributed by atoms with Crippen molar-refractivity contribution < 1.29 is 14.3 Å². The van der Waals surface area contributed by atoms with Crippen LogP contribution in [0.5, 0.6) is 11.5 Å². The lowest BCUT2D eigenvalue weighted by Crippen LogP contribution is -2.13. The van der Waals surface area contributed by atoms with Crippen LogP contribution in [-0.2, 0) is 0 Å². The highest BCUT2D eigenvalue weighted by Gasteiger charge is 2.09. The predicted molar refractivity (Wildman–Crippen MR) is 111 cm³/mol. The summed E-state index contributed by atoms with van der Waals surface area (Å²) in [6.07, 6.45) is 1.73. The molecule has 0 spiro atoms. The second kappa shape index (κ2) is 8.90. The SMILES string of the molecule is COc1ccc(NC(=O)c2cc(Nc3ccc(OC(C)C)cc3)ccn2)cc1. The van der Waals surface area contributed by atoms with Crippen molar-refractivity contribution in [3.63, 3.8) is 0 Å². The first kappa shape index (κ1) is 19.2. The molecule has 3 aromatic rings. The van der Waals surface area contributed by atoms with E-state index < -0.39 is 0 Å². The summed E-state index contributed by atoms with van der Waals surface area (Å²) in [6, 6.07) is 18.3. The summed E-state index contributed by atoms with van der Waals surface area (Å²) in [5.74, 6) is 1.26. The molecule has 0 radical (unpaired) electrons. The van der Waals surface area contributed by atoms with Gasteiger partial charge in [0.2, 0.25) is 0 Å². The van der Waals surface area contributed by atoms with Crippen molar-refractivity contribution in [2.75, 3.05) is 17.7 Å². The second-order valence-corrected chi connectivity index (χ2v) is 6.43. The van der Waals surface area contributed by atoms with E-state index in [4.69, 9.17) is 9.47 Å². The molecule has 2 N–H and O–H groups in total. The normalized spacial score (nSPS) is 10.4. The van der Waals surface area contributed by atoms with Gasteiger partial charge in [-0.25, -0.2) is 0 Å². The number of carbonyl (C=O) groups is 1. The van der Waals surface area contributed by atoms with Gasteiger partial charge in [0.15, 0.2) is 0 Å². The van der Waals surface area contributed by atoms with Gasteiger partial charge >= 0.3 is 0 Å². The molecule has 3 rings (SSSR count). The van der Waals surface area contributed by atoms with Gasteiger partial charge in [0.25, 0.3) is 5.91 Å². The molecule has 1 heterocycles. The van der Waals surface area contributed by atoms with Gasteiger partial charge < -0.3 is 20.1 Å². The Hall–Kier alpha value is -3.54. The van der Waals surface area contributed by atoms with E-state index in [-0.39, 0.29) is 12.0 Å². The second-order valence-electron chi connectivity index (χ2n) is 6.43. The van der Waals surface area contributed by atoms with Gasteiger partial charge in [0.05, 0.1) is 13.2 Å². The van der Waals surface area contributed by atoms with Gasteiger partial charge in [-0.15, -0.1) is 0 Å². The maximum absolute atomic E-state index is 12.5. The van der Waals surface area contributed by atoms with Gasteiger partial charge in [-0.2, -0.15) is 0 Å². The van der Waals surface area contributed by atoms with Crippen molar-refractivity contribution >= 4 is 23.0 Å². The van der Waals surface area contributed by atoms with Crippen molar-refractivity contribution in [3.05, 3.63) is 72.6 Å². The van der Waals surface area contributed by atoms with Crippen molar-refractivity contribution in [1.29, 1.82) is 0 Å². The summed E-state index contributed by atoms with van der Waals surface area (Å²) in [5.41, 5.74) is 2.66. The predicted octanol–water partition coefficient (Wildman–Crippen LogP) is 4.87. The van der Waals surface area contributed by atoms with Crippen LogP contribution in [0.1, 0.15) is 24.3 Å². The molecular weight excluding hydrogens is 354 g/mol. The van der Waals surface area contributed by atoms with E-state index in [1.54, 1.807) is 43.6 Å². The minimum absolute atomic E-state index is 0.130. The van der Waals surface area contributed by atoms with Crippen LogP contribution >= 0.6 is 0 Å². The van der Waals surface area contributed by atoms with E-state index in [1.807, 2.05) is 44.2 Å². The summed E-state index contributed by atoms with van der Waals surface area (Å²) in [4.78, 5) is 16.6. The fraction of sp³-hybridized carbons (Fsp3) is 0.182. The molecule has 0 saturated carbocycles. The van der Waals surface area contributed by atoms with Gasteiger partial charge in [0, 0.05) is 23.3 Å². The highest BCUT2D eigenvalue weighted by atomic mass is 16.5. The number of methoxy groups -OCH3 is 1. The number of pyridine rings is 1. The molecular formula is C22H23N3O3. The van der Waals surface area contributed by atoms with E-state index in [0.717, 1.165) is 22.9 Å². The Bertz CT molecular complexity index is 923. The molecule has 0 atom stereocenters. The lowest BCUT2D eigenvalue weighted by atomic mass is 10.2. The van der Waals surface area contributed by atoms with Crippen LogP contribution in [0.4, 0.5) is 17.1 Å². The van der Waals surface area contributed by atoms with Crippen molar-refractivity contribution in [2.45, 2.75) is 20.0 Å². The van der Waals surface area contributed by atoms with Gasteiger partial charge in [-0.1, -0.05) is 0 Å². The molecule has 1 amide bonds. The third kappa shape index (κ3) is 5.23. The minimum Gasteiger partial charge on any atom is -0.497 e. The van der Waals surface area contributed by atoms with Crippen LogP contribution in [-0.4, -0.2) is 24.1 Å². The standard InChI is InChI=1S/C22H23N3O3/c1-15(2)28-20-10-6-16(7-11-20)24-18-12-13-23-21(14-18)22(26)25-17-4-8-19(27-3)9-5-17/h4-15H,1-3H3,(H,23,24)(H,25,26). The van der Waals surface area contributed by atoms with Crippen LogP contribution in [0.3, 0.4) is 0 Å². The molecule has 0 fully saturated rings. The van der Waals surface area contributed by atoms with Gasteiger partial charge in [-0.3, -0.25) is 9.78 Å². The van der Waals surface area contributed by atoms with Crippen LogP contribution < -0.4 is 20.1 Å². The molecule has 0 aliphatic heterocycles. The molecule has 144 valence electrons. The third-order valence-electron chi connectivity index (χ3n) is 3.86. The van der Waals surface area contributed by atoms with E-state index in [0.29, 0.717) is 11.4 Å². The molecule has 0 saturated heterocycles. The molecule has 0 aliphatic carbocycles. The van der Waals surface area contributed by atoms with Crippen molar-refractivity contribution in [2.24, 2.45) is 0 Å². The van der Waals surface area contributed by atoms with Gasteiger partial charge in [0.1, 0.15) is 17.2 Å². The quantitative estimate of drug-likeness (QED) is 0.614. The number of amides is 1. The summed E-state index contributed by atoms with van der Waals surface area (Å²) >= 11 is 0. The van der Waals surface area contributed by atoms with Crippen LogP contribution in [0, 0.1) is 0 Å². The van der Waals surface area contributed by atoms with E-state index >= 15 is 0 Å². The number of nitrogens with one attached hydrogen (secondary N) is 2. The molecule has 0 aliphatic rings. The lowest BCUT2D eigenvalue weighted by Gasteiger charge is -2.11. The Morgan fingerprint density at radius 2 is 1.54 bits per heavy atom. The highest BCUT2D eigenvalue weighted by molar-refractivity contribution is 6.03. The third-order valence-corrected chi connectivity index (χ3v) is 3.86. The molecule has 1 aromatic heterocycles. The number of nitrogens with zero attached hydrogens (tertiary/aromatic N) is 1. The summed E-state index contributed by atoms with van der Waals surface area (Å²) < 4.78 is 10.8. The summed E-state index contributed by atoms with van der Waals surface area (Å²) in [7, 11) is 1.60. The van der Waals surface area contributed by atoms with Crippen LogP contribution in [0.15, 0.2) is 66.9 Å². The molecule has 0 bridgehead atoms. The Balaban J connectivity index is 1.66. The monoisotopic (exact) mass is 377 g/mol. The number of anilines is 3. The Kier molecular flexibility index (Phi) is 6.11. The Labute approximate surface area is 164 Å². The Morgan fingerprint density at radius 1 is 0.893 bits per heavy atom. The fourth-order valence-corrected chi connectivity index (χ4v) is 2.56. The molecule has 0 unspecified atom stereocenters. The molecule has 28 heavy (non-hydrogen) atoms. The largest absolute Gasteiger partial charge is 0.497 e. The first-order chi connectivity index (χ1) is 13.5. The summed E-state index contributed by atoms with van der Waals surface area (Å²) in [6.45, 7) is 3.98. The van der Waals surface area contributed by atoms with Crippen molar-refractivity contribution in [1.82, 2.24) is 4.98 Å². The zero-order valence-electron chi connectivity index (χ0n) is 16.1. The lowest BCUT2D eigenvalue weighted by molar-refractivity contribution is 0.102. The number of carbonyl (C=O) groups excluding carboxylic acids is 1. The van der Waals surface area contributed by atoms with E-state index in [9.17, 15) is 4.79 Å². The molecule has 6 nitrogen and oxygen atoms in total. The average molecular weight is 377 g/mol. The van der Waals surface area contributed by atoms with E-state index in [1.165, 1.54) is 0 Å². The zero-order chi connectivity index (χ0) is 19.9. The number of aromatic nitrogens is 1. The zero-order valence-corrected chi connectivity index (χ0v) is 16.1. The number of rotatable bonds is 7. The number of benzene rings is 2. The number of hydrogen-bond donors (Lipinski definition) is 2. The van der Waals surface area contributed by atoms with E-state index in [2.05, 4.69) is 15.6 Å². The highest BCUT2D eigenvalue weighted by Crippen LogP contribution is 2.21. The molecule has 6 heteroatoms. The number of hydrogen-bond acceptors (Lipinski definition) is 5. The van der Waals surface area contributed by atoms with Gasteiger partial charge in [-0.05, 0) is 74.5 Å². The maximum atomic E-state index is 12.5. The number of ether oxygens (including phenoxy) is 2. The smallest absolute Gasteiger partial charge is 0.274 e.